The summed E-state index contributed by atoms with van der Waals surface area (Å²) in [6, 6.07) is 12.5. The van der Waals surface area contributed by atoms with E-state index in [1.165, 1.54) is 41.5 Å². The molecule has 0 saturated heterocycles. The minimum absolute atomic E-state index is 0.280. The second-order valence-electron chi connectivity index (χ2n) is 5.58. The molecule has 0 aliphatic heterocycles. The van der Waals surface area contributed by atoms with E-state index in [0.29, 0.717) is 6.42 Å². The molecular formula is C18H16O. The molecular weight excluding hydrogens is 232 g/mol. The van der Waals surface area contributed by atoms with E-state index >= 15 is 0 Å². The third-order valence-corrected chi connectivity index (χ3v) is 4.51. The SMILES string of the molecule is O=C1Cc2c(ccc3c2CCCC3)-c2ccccc21. The number of benzene rings is 2. The Hall–Kier alpha value is -1.89. The van der Waals surface area contributed by atoms with Gasteiger partial charge in [0.05, 0.1) is 0 Å². The first kappa shape index (κ1) is 11.0. The van der Waals surface area contributed by atoms with Crippen LogP contribution in [-0.4, -0.2) is 5.78 Å². The first-order valence-corrected chi connectivity index (χ1v) is 7.11. The molecule has 1 nitrogen and oxygen atoms in total. The summed E-state index contributed by atoms with van der Waals surface area (Å²) in [6.07, 6.45) is 5.47. The highest BCUT2D eigenvalue weighted by atomic mass is 16.1. The second-order valence-corrected chi connectivity index (χ2v) is 5.58. The van der Waals surface area contributed by atoms with E-state index in [9.17, 15) is 4.79 Å². The molecule has 0 bridgehead atoms. The molecule has 0 heterocycles. The normalized spacial score (nSPS) is 16.5. The fraction of sp³-hybridized carbons (Fsp3) is 0.278. The minimum Gasteiger partial charge on any atom is -0.294 e. The van der Waals surface area contributed by atoms with E-state index < -0.39 is 0 Å². The predicted molar refractivity (Wildman–Crippen MR) is 76.6 cm³/mol. The zero-order chi connectivity index (χ0) is 12.8. The van der Waals surface area contributed by atoms with Crippen molar-refractivity contribution in [2.24, 2.45) is 0 Å². The molecule has 0 radical (unpaired) electrons. The Bertz CT molecular complexity index is 682. The number of carbonyl (C=O) groups excluding carboxylic acids is 1. The van der Waals surface area contributed by atoms with E-state index in [4.69, 9.17) is 0 Å². The Labute approximate surface area is 113 Å². The Morgan fingerprint density at radius 3 is 2.42 bits per heavy atom. The fourth-order valence-electron chi connectivity index (χ4n) is 3.58. The highest BCUT2D eigenvalue weighted by molar-refractivity contribution is 6.07. The topological polar surface area (TPSA) is 17.1 Å². The van der Waals surface area contributed by atoms with Gasteiger partial charge in [-0.15, -0.1) is 0 Å². The van der Waals surface area contributed by atoms with Crippen molar-refractivity contribution >= 4 is 5.78 Å². The Morgan fingerprint density at radius 1 is 0.737 bits per heavy atom. The Kier molecular flexibility index (Phi) is 2.34. The van der Waals surface area contributed by atoms with E-state index in [1.807, 2.05) is 18.2 Å². The van der Waals surface area contributed by atoms with E-state index in [-0.39, 0.29) is 5.78 Å². The third kappa shape index (κ3) is 1.58. The summed E-state index contributed by atoms with van der Waals surface area (Å²) in [5, 5.41) is 0. The highest BCUT2D eigenvalue weighted by Crippen LogP contribution is 2.38. The molecule has 0 amide bonds. The first-order chi connectivity index (χ1) is 9.34. The van der Waals surface area contributed by atoms with Crippen LogP contribution in [0.4, 0.5) is 0 Å². The van der Waals surface area contributed by atoms with Crippen LogP contribution in [0.25, 0.3) is 11.1 Å². The second kappa shape index (κ2) is 4.06. The lowest BCUT2D eigenvalue weighted by atomic mass is 9.78. The van der Waals surface area contributed by atoms with Gasteiger partial charge in [0.25, 0.3) is 0 Å². The quantitative estimate of drug-likeness (QED) is 0.689. The van der Waals surface area contributed by atoms with Gasteiger partial charge in [-0.05, 0) is 53.5 Å². The minimum atomic E-state index is 0.280. The number of hydrogen-bond acceptors (Lipinski definition) is 1. The molecule has 0 atom stereocenters. The van der Waals surface area contributed by atoms with Crippen molar-refractivity contribution in [3.63, 3.8) is 0 Å². The van der Waals surface area contributed by atoms with Gasteiger partial charge in [-0.2, -0.15) is 0 Å². The number of hydrogen-bond donors (Lipinski definition) is 0. The lowest BCUT2D eigenvalue weighted by molar-refractivity contribution is 0.0991. The third-order valence-electron chi connectivity index (χ3n) is 4.51. The number of carbonyl (C=O) groups is 1. The number of rotatable bonds is 0. The average molecular weight is 248 g/mol. The van der Waals surface area contributed by atoms with Gasteiger partial charge in [0.1, 0.15) is 0 Å². The number of fused-ring (bicyclic) bond motifs is 5. The van der Waals surface area contributed by atoms with Crippen molar-refractivity contribution in [2.75, 3.05) is 0 Å². The van der Waals surface area contributed by atoms with Crippen LogP contribution in [0.2, 0.25) is 0 Å². The molecule has 0 fully saturated rings. The molecule has 1 heteroatoms. The standard InChI is InChI=1S/C18H16O/c19-18-11-17-13-6-2-1-5-12(13)9-10-15(17)14-7-3-4-8-16(14)18/h3-4,7-10H,1-2,5-6,11H2. The van der Waals surface area contributed by atoms with Crippen LogP contribution < -0.4 is 0 Å². The Morgan fingerprint density at radius 2 is 1.53 bits per heavy atom. The zero-order valence-corrected chi connectivity index (χ0v) is 10.9. The van der Waals surface area contributed by atoms with Crippen molar-refractivity contribution in [2.45, 2.75) is 32.1 Å². The van der Waals surface area contributed by atoms with Gasteiger partial charge in [0, 0.05) is 12.0 Å². The van der Waals surface area contributed by atoms with Crippen LogP contribution >= 0.6 is 0 Å². The molecule has 0 saturated carbocycles. The molecule has 0 N–H and O–H groups in total. The maximum atomic E-state index is 12.3. The van der Waals surface area contributed by atoms with Crippen molar-refractivity contribution < 1.29 is 4.79 Å². The summed E-state index contributed by atoms with van der Waals surface area (Å²) >= 11 is 0. The van der Waals surface area contributed by atoms with Crippen LogP contribution in [0, 0.1) is 0 Å². The van der Waals surface area contributed by atoms with Crippen molar-refractivity contribution in [3.8, 4) is 11.1 Å². The van der Waals surface area contributed by atoms with Crippen molar-refractivity contribution in [1.82, 2.24) is 0 Å². The molecule has 2 aromatic carbocycles. The van der Waals surface area contributed by atoms with Gasteiger partial charge in [-0.1, -0.05) is 36.4 Å². The first-order valence-electron chi connectivity index (χ1n) is 7.11. The maximum absolute atomic E-state index is 12.3. The predicted octanol–water partition coefficient (Wildman–Crippen LogP) is 3.97. The summed E-state index contributed by atoms with van der Waals surface area (Å²) in [4.78, 5) is 12.3. The molecule has 19 heavy (non-hydrogen) atoms. The summed E-state index contributed by atoms with van der Waals surface area (Å²) < 4.78 is 0. The fourth-order valence-corrected chi connectivity index (χ4v) is 3.58. The summed E-state index contributed by atoms with van der Waals surface area (Å²) in [6.45, 7) is 0. The molecule has 0 aromatic heterocycles. The van der Waals surface area contributed by atoms with Crippen LogP contribution in [0.1, 0.15) is 39.9 Å². The average Bonchev–Trinajstić information content (AvgIpc) is 2.47. The number of Topliss-reactive ketones (excluding diaryl/α,β-unsaturated/α-hetero) is 1. The smallest absolute Gasteiger partial charge is 0.167 e. The van der Waals surface area contributed by atoms with Gasteiger partial charge in [-0.3, -0.25) is 4.79 Å². The molecule has 2 aliphatic carbocycles. The van der Waals surface area contributed by atoms with Crippen LogP contribution in [0.5, 0.6) is 0 Å². The highest BCUT2D eigenvalue weighted by Gasteiger charge is 2.26. The zero-order valence-electron chi connectivity index (χ0n) is 10.9. The van der Waals surface area contributed by atoms with E-state index in [2.05, 4.69) is 18.2 Å². The largest absolute Gasteiger partial charge is 0.294 e. The van der Waals surface area contributed by atoms with Gasteiger partial charge in [-0.25, -0.2) is 0 Å². The maximum Gasteiger partial charge on any atom is 0.167 e. The summed E-state index contributed by atoms with van der Waals surface area (Å²) in [5.41, 5.74) is 7.55. The molecule has 4 rings (SSSR count). The van der Waals surface area contributed by atoms with Crippen LogP contribution in [0.15, 0.2) is 36.4 Å². The number of aryl methyl sites for hydroxylation is 1. The van der Waals surface area contributed by atoms with E-state index in [1.54, 1.807) is 0 Å². The monoisotopic (exact) mass is 248 g/mol. The lowest BCUT2D eigenvalue weighted by Crippen LogP contribution is -2.17. The molecule has 0 unspecified atom stereocenters. The van der Waals surface area contributed by atoms with E-state index in [0.717, 1.165) is 17.5 Å². The molecule has 2 aromatic rings. The van der Waals surface area contributed by atoms with Crippen molar-refractivity contribution in [1.29, 1.82) is 0 Å². The lowest BCUT2D eigenvalue weighted by Gasteiger charge is -2.26. The van der Waals surface area contributed by atoms with Crippen LogP contribution in [0.3, 0.4) is 0 Å². The number of ketones is 1. The summed E-state index contributed by atoms with van der Waals surface area (Å²) in [5.74, 6) is 0.280. The molecule has 2 aliphatic rings. The molecule has 94 valence electrons. The van der Waals surface area contributed by atoms with Crippen LogP contribution in [-0.2, 0) is 19.3 Å². The Balaban J connectivity index is 2.00. The summed E-state index contributed by atoms with van der Waals surface area (Å²) in [7, 11) is 0. The van der Waals surface area contributed by atoms with Crippen molar-refractivity contribution in [3.05, 3.63) is 58.7 Å². The van der Waals surface area contributed by atoms with Gasteiger partial charge >= 0.3 is 0 Å². The van der Waals surface area contributed by atoms with Gasteiger partial charge in [0.2, 0.25) is 0 Å². The van der Waals surface area contributed by atoms with Gasteiger partial charge in [0.15, 0.2) is 5.78 Å². The molecule has 0 spiro atoms. The van der Waals surface area contributed by atoms with Gasteiger partial charge < -0.3 is 0 Å².